The summed E-state index contributed by atoms with van der Waals surface area (Å²) in [5, 5.41) is 2.35. The van der Waals surface area contributed by atoms with Crippen molar-refractivity contribution in [3.8, 4) is 0 Å². The van der Waals surface area contributed by atoms with E-state index in [2.05, 4.69) is 11.9 Å². The summed E-state index contributed by atoms with van der Waals surface area (Å²) < 4.78 is 13.3. The van der Waals surface area contributed by atoms with E-state index in [1.54, 1.807) is 0 Å². The summed E-state index contributed by atoms with van der Waals surface area (Å²) in [6.45, 7) is 3.45. The molecule has 0 bridgehead atoms. The minimum atomic E-state index is -0.875. The topological polar surface area (TPSA) is 72.2 Å². The van der Waals surface area contributed by atoms with Crippen LogP contribution in [0.4, 0.5) is 4.39 Å². The minimum Gasteiger partial charge on any atom is -0.368 e. The lowest BCUT2D eigenvalue weighted by atomic mass is 10.1. The molecule has 0 aliphatic rings. The van der Waals surface area contributed by atoms with Gasteiger partial charge in [-0.15, -0.1) is 6.58 Å². The van der Waals surface area contributed by atoms with Gasteiger partial charge in [0.1, 0.15) is 11.9 Å². The van der Waals surface area contributed by atoms with Gasteiger partial charge in [-0.25, -0.2) is 4.39 Å². The van der Waals surface area contributed by atoms with Crippen molar-refractivity contribution in [2.75, 3.05) is 0 Å². The largest absolute Gasteiger partial charge is 0.368 e. The molecule has 0 fully saturated rings. The highest BCUT2D eigenvalue weighted by Gasteiger charge is 2.19. The van der Waals surface area contributed by atoms with Gasteiger partial charge in [-0.05, 0) is 18.6 Å². The first-order valence-corrected chi connectivity index (χ1v) is 5.02. The van der Waals surface area contributed by atoms with Crippen LogP contribution in [0, 0.1) is 5.82 Å². The Morgan fingerprint density at radius 2 is 2.12 bits per heavy atom. The molecule has 1 aromatic carbocycles. The van der Waals surface area contributed by atoms with Gasteiger partial charge >= 0.3 is 0 Å². The molecule has 1 aromatic rings. The number of hydrogen-bond acceptors (Lipinski definition) is 2. The van der Waals surface area contributed by atoms with Crippen LogP contribution < -0.4 is 11.1 Å². The van der Waals surface area contributed by atoms with E-state index < -0.39 is 23.7 Å². The SMILES string of the molecule is C=CC[C@@H](NC(=O)c1ccccc1F)C(N)=O. The number of primary amides is 1. The first-order valence-electron chi connectivity index (χ1n) is 5.02. The molecule has 1 atom stereocenters. The monoisotopic (exact) mass is 236 g/mol. The normalized spacial score (nSPS) is 11.6. The molecule has 0 saturated heterocycles. The first kappa shape index (κ1) is 12.9. The van der Waals surface area contributed by atoms with Gasteiger partial charge < -0.3 is 11.1 Å². The van der Waals surface area contributed by atoms with Crippen LogP contribution >= 0.6 is 0 Å². The fourth-order valence-electron chi connectivity index (χ4n) is 1.29. The van der Waals surface area contributed by atoms with Crippen molar-refractivity contribution >= 4 is 11.8 Å². The number of carbonyl (C=O) groups is 2. The smallest absolute Gasteiger partial charge is 0.254 e. The summed E-state index contributed by atoms with van der Waals surface area (Å²) in [5.74, 6) is -2.00. The van der Waals surface area contributed by atoms with E-state index in [1.165, 1.54) is 30.3 Å². The van der Waals surface area contributed by atoms with Gasteiger partial charge in [-0.1, -0.05) is 18.2 Å². The number of benzene rings is 1. The van der Waals surface area contributed by atoms with E-state index in [9.17, 15) is 14.0 Å². The number of carbonyl (C=O) groups excluding carboxylic acids is 2. The second-order valence-corrected chi connectivity index (χ2v) is 3.43. The summed E-state index contributed by atoms with van der Waals surface area (Å²) in [5.41, 5.74) is 4.97. The van der Waals surface area contributed by atoms with Crippen LogP contribution in [0.3, 0.4) is 0 Å². The van der Waals surface area contributed by atoms with E-state index in [-0.39, 0.29) is 12.0 Å². The Labute approximate surface area is 98.3 Å². The third-order valence-corrected chi connectivity index (χ3v) is 2.17. The lowest BCUT2D eigenvalue weighted by Gasteiger charge is -2.13. The van der Waals surface area contributed by atoms with Gasteiger partial charge in [0.25, 0.3) is 5.91 Å². The molecule has 4 nitrogen and oxygen atoms in total. The van der Waals surface area contributed by atoms with Gasteiger partial charge in [0, 0.05) is 0 Å². The Balaban J connectivity index is 2.81. The molecular formula is C12H13FN2O2. The fourth-order valence-corrected chi connectivity index (χ4v) is 1.29. The van der Waals surface area contributed by atoms with Gasteiger partial charge in [0.05, 0.1) is 5.56 Å². The second-order valence-electron chi connectivity index (χ2n) is 3.43. The third kappa shape index (κ3) is 3.41. The predicted molar refractivity (Wildman–Crippen MR) is 61.7 cm³/mol. The molecule has 90 valence electrons. The van der Waals surface area contributed by atoms with E-state index in [4.69, 9.17) is 5.73 Å². The zero-order valence-corrected chi connectivity index (χ0v) is 9.15. The molecule has 0 unspecified atom stereocenters. The molecule has 0 saturated carbocycles. The molecule has 0 aromatic heterocycles. The molecule has 2 amide bonds. The van der Waals surface area contributed by atoms with Gasteiger partial charge in [0.15, 0.2) is 0 Å². The zero-order chi connectivity index (χ0) is 12.8. The maximum absolute atomic E-state index is 13.3. The molecule has 5 heteroatoms. The average molecular weight is 236 g/mol. The highest BCUT2D eigenvalue weighted by atomic mass is 19.1. The summed E-state index contributed by atoms with van der Waals surface area (Å²) in [7, 11) is 0. The molecule has 0 radical (unpaired) electrons. The molecule has 1 rings (SSSR count). The van der Waals surface area contributed by atoms with Crippen LogP contribution in [0.5, 0.6) is 0 Å². The van der Waals surface area contributed by atoms with Crippen molar-refractivity contribution in [2.24, 2.45) is 5.73 Å². The lowest BCUT2D eigenvalue weighted by molar-refractivity contribution is -0.119. The highest BCUT2D eigenvalue weighted by Crippen LogP contribution is 2.06. The number of hydrogen-bond donors (Lipinski definition) is 2. The van der Waals surface area contributed by atoms with E-state index in [0.29, 0.717) is 0 Å². The molecule has 3 N–H and O–H groups in total. The lowest BCUT2D eigenvalue weighted by Crippen LogP contribution is -2.44. The summed E-state index contributed by atoms with van der Waals surface area (Å²) in [4.78, 5) is 22.7. The third-order valence-electron chi connectivity index (χ3n) is 2.17. The minimum absolute atomic E-state index is 0.122. The van der Waals surface area contributed by atoms with Crippen molar-refractivity contribution in [2.45, 2.75) is 12.5 Å². The van der Waals surface area contributed by atoms with Gasteiger partial charge in [0.2, 0.25) is 5.91 Å². The summed E-state index contributed by atoms with van der Waals surface area (Å²) in [6, 6.07) is 4.63. The molecular weight excluding hydrogens is 223 g/mol. The molecule has 0 aliphatic carbocycles. The molecule has 0 heterocycles. The maximum Gasteiger partial charge on any atom is 0.254 e. The number of amides is 2. The van der Waals surface area contributed by atoms with Crippen molar-refractivity contribution in [3.05, 3.63) is 48.3 Å². The van der Waals surface area contributed by atoms with E-state index in [0.717, 1.165) is 0 Å². The standard InChI is InChI=1S/C12H13FN2O2/c1-2-5-10(11(14)16)15-12(17)8-6-3-4-7-9(8)13/h2-4,6-7,10H,1,5H2,(H2,14,16)(H,15,17)/t10-/m1/s1. The maximum atomic E-state index is 13.3. The number of rotatable bonds is 5. The predicted octanol–water partition coefficient (Wildman–Crippen LogP) is 0.985. The van der Waals surface area contributed by atoms with Crippen molar-refractivity contribution in [1.82, 2.24) is 5.32 Å². The fraction of sp³-hybridized carbons (Fsp3) is 0.167. The van der Waals surface area contributed by atoms with E-state index in [1.807, 2.05) is 0 Å². The van der Waals surface area contributed by atoms with Gasteiger partial charge in [-0.2, -0.15) is 0 Å². The Kier molecular flexibility index (Phi) is 4.39. The van der Waals surface area contributed by atoms with Crippen LogP contribution in [0.2, 0.25) is 0 Å². The number of halogens is 1. The Morgan fingerprint density at radius 3 is 2.65 bits per heavy atom. The van der Waals surface area contributed by atoms with Crippen LogP contribution in [0.25, 0.3) is 0 Å². The first-order chi connectivity index (χ1) is 8.06. The van der Waals surface area contributed by atoms with Crippen LogP contribution in [-0.2, 0) is 4.79 Å². The summed E-state index contributed by atoms with van der Waals surface area (Å²) in [6.07, 6.45) is 1.66. The van der Waals surface area contributed by atoms with E-state index >= 15 is 0 Å². The highest BCUT2D eigenvalue weighted by molar-refractivity contribution is 5.97. The summed E-state index contributed by atoms with van der Waals surface area (Å²) >= 11 is 0. The van der Waals surface area contributed by atoms with Crippen LogP contribution in [-0.4, -0.2) is 17.9 Å². The van der Waals surface area contributed by atoms with Crippen LogP contribution in [0.15, 0.2) is 36.9 Å². The van der Waals surface area contributed by atoms with Gasteiger partial charge in [-0.3, -0.25) is 9.59 Å². The average Bonchev–Trinajstić information content (AvgIpc) is 2.28. The molecule has 0 spiro atoms. The Hall–Kier alpha value is -2.17. The van der Waals surface area contributed by atoms with Crippen molar-refractivity contribution < 1.29 is 14.0 Å². The molecule has 0 aliphatic heterocycles. The van der Waals surface area contributed by atoms with Crippen LogP contribution in [0.1, 0.15) is 16.8 Å². The Morgan fingerprint density at radius 1 is 1.47 bits per heavy atom. The number of nitrogens with two attached hydrogens (primary N) is 1. The second kappa shape index (κ2) is 5.79. The molecule has 17 heavy (non-hydrogen) atoms. The van der Waals surface area contributed by atoms with Crippen molar-refractivity contribution in [3.63, 3.8) is 0 Å². The number of nitrogens with one attached hydrogen (secondary N) is 1. The van der Waals surface area contributed by atoms with Crippen molar-refractivity contribution in [1.29, 1.82) is 0 Å². The quantitative estimate of drug-likeness (QED) is 0.748. The zero-order valence-electron chi connectivity index (χ0n) is 9.15. The Bertz CT molecular complexity index is 446.